The molecule has 1 heterocycles. The van der Waals surface area contributed by atoms with Crippen LogP contribution in [0.1, 0.15) is 188 Å². The zero-order valence-corrected chi connectivity index (χ0v) is 68.2. The van der Waals surface area contributed by atoms with Gasteiger partial charge < -0.3 is 4.98 Å². The summed E-state index contributed by atoms with van der Waals surface area (Å²) in [6.07, 6.45) is 0. The second-order valence-electron chi connectivity index (χ2n) is 30.1. The highest BCUT2D eigenvalue weighted by atomic mass is 79.9. The molecule has 0 aliphatic heterocycles. The van der Waals surface area contributed by atoms with Gasteiger partial charge in [-0.3, -0.25) is 0 Å². The van der Waals surface area contributed by atoms with E-state index in [9.17, 15) is 0 Å². The number of benzene rings is 8. The maximum Gasteiger partial charge on any atom is 0.146 e. The Labute approximate surface area is 573 Å². The fourth-order valence-electron chi connectivity index (χ4n) is 17.9. The first kappa shape index (κ1) is 69.5. The van der Waals surface area contributed by atoms with Gasteiger partial charge in [-0.2, -0.15) is 0 Å². The van der Waals surface area contributed by atoms with E-state index in [1.807, 2.05) is 0 Å². The van der Waals surface area contributed by atoms with Crippen molar-refractivity contribution in [1.29, 1.82) is 0 Å². The summed E-state index contributed by atoms with van der Waals surface area (Å²) >= 11 is 15.8. The van der Waals surface area contributed by atoms with Crippen molar-refractivity contribution in [3.63, 3.8) is 0 Å². The molecule has 0 fully saturated rings. The van der Waals surface area contributed by atoms with Gasteiger partial charge in [0.15, 0.2) is 0 Å². The molecule has 466 valence electrons. The molecule has 8 aromatic carbocycles. The minimum absolute atomic E-state index is 0.443. The molecule has 0 radical (unpaired) electrons. The molecule has 9 heteroatoms. The fourth-order valence-corrected chi connectivity index (χ4v) is 40.2. The highest BCUT2D eigenvalue weighted by Crippen LogP contribution is 2.50. The van der Waals surface area contributed by atoms with Gasteiger partial charge in [-0.15, -0.1) is 22.2 Å². The number of aromatic amines is 1. The lowest BCUT2D eigenvalue weighted by Crippen LogP contribution is -2.43. The van der Waals surface area contributed by atoms with Crippen LogP contribution in [0.25, 0.3) is 86.4 Å². The summed E-state index contributed by atoms with van der Waals surface area (Å²) in [5.74, 6) is 17.0. The second-order valence-corrected chi connectivity index (χ2v) is 55.8. The topological polar surface area (TPSA) is 15.8 Å². The van der Waals surface area contributed by atoms with Crippen molar-refractivity contribution in [2.45, 2.75) is 233 Å². The SMILES string of the molecule is CC(C)[Si](C#Cc1c2cc3cc(Br)c(Br)cc3cc2c(C#C[Si](C(C)C)(C(C)C)C(C)C)c2c1ccc1[nH]c3ccc4c(C#C[Si](C(C)C)(C(C)C)C(C)C)c5cc6cc(Br)c(Br)cc6cc5c(C#C[Si](C(C)C)(C(C)C)C(C)C)c4c3c12)(C(C)C)C(C)C. The van der Waals surface area contributed by atoms with Gasteiger partial charge in [0, 0.05) is 72.7 Å². The highest BCUT2D eigenvalue weighted by Gasteiger charge is 2.45. The minimum atomic E-state index is -2.32. The highest BCUT2D eigenvalue weighted by molar-refractivity contribution is 9.13. The molecular formula is C80H97Br4NSi4. The Morgan fingerprint density at radius 2 is 0.461 bits per heavy atom. The lowest BCUT2D eigenvalue weighted by Gasteiger charge is -2.38. The van der Waals surface area contributed by atoms with Crippen LogP contribution in [0.5, 0.6) is 0 Å². The number of rotatable bonds is 12. The molecule has 0 spiro atoms. The molecule has 0 saturated carbocycles. The zero-order valence-electron chi connectivity index (χ0n) is 57.9. The van der Waals surface area contributed by atoms with E-state index in [4.69, 9.17) is 0 Å². The summed E-state index contributed by atoms with van der Waals surface area (Å²) < 4.78 is 4.11. The Balaban J connectivity index is 1.70. The third-order valence-corrected chi connectivity index (χ3v) is 51.0. The van der Waals surface area contributed by atoms with Gasteiger partial charge in [0.2, 0.25) is 0 Å². The molecule has 0 bridgehead atoms. The number of hydrogen-bond donors (Lipinski definition) is 1. The van der Waals surface area contributed by atoms with E-state index in [1.54, 1.807) is 0 Å². The normalized spacial score (nSPS) is 13.1. The monoisotopic (exact) mass is 1500 g/mol. The molecule has 9 rings (SSSR count). The summed E-state index contributed by atoms with van der Waals surface area (Å²) in [5, 5.41) is 16.3. The van der Waals surface area contributed by atoms with Crippen LogP contribution in [0.2, 0.25) is 66.5 Å². The van der Waals surface area contributed by atoms with Crippen LogP contribution in [-0.4, -0.2) is 37.3 Å². The second kappa shape index (κ2) is 26.2. The van der Waals surface area contributed by atoms with Gasteiger partial charge in [0.25, 0.3) is 0 Å². The largest absolute Gasteiger partial charge is 0.354 e. The smallest absolute Gasteiger partial charge is 0.146 e. The lowest BCUT2D eigenvalue weighted by molar-refractivity contribution is 0.838. The van der Waals surface area contributed by atoms with Crippen molar-refractivity contribution in [2.24, 2.45) is 0 Å². The number of halogens is 4. The molecule has 0 unspecified atom stereocenters. The molecule has 1 nitrogen and oxygen atoms in total. The van der Waals surface area contributed by atoms with Gasteiger partial charge in [-0.1, -0.05) is 202 Å². The summed E-state index contributed by atoms with van der Waals surface area (Å²) in [6.45, 7) is 58.5. The Kier molecular flexibility index (Phi) is 20.4. The number of aromatic nitrogens is 1. The lowest BCUT2D eigenvalue weighted by atomic mass is 9.86. The third-order valence-electron chi connectivity index (χ3n) is 22.2. The summed E-state index contributed by atoms with van der Waals surface area (Å²) in [7, 11) is -9.15. The van der Waals surface area contributed by atoms with E-state index in [2.05, 4.69) is 354 Å². The van der Waals surface area contributed by atoms with Crippen molar-refractivity contribution in [3.8, 4) is 45.9 Å². The van der Waals surface area contributed by atoms with Crippen LogP contribution in [0.4, 0.5) is 0 Å². The number of hydrogen-bond acceptors (Lipinski definition) is 0. The zero-order chi connectivity index (χ0) is 65.6. The van der Waals surface area contributed by atoms with Crippen LogP contribution < -0.4 is 0 Å². The average Bonchev–Trinajstić information content (AvgIpc) is 1.69. The molecule has 0 saturated heterocycles. The van der Waals surface area contributed by atoms with Gasteiger partial charge >= 0.3 is 0 Å². The molecule has 0 aliphatic rings. The van der Waals surface area contributed by atoms with E-state index >= 15 is 0 Å². The Morgan fingerprint density at radius 1 is 0.258 bits per heavy atom. The number of nitrogens with one attached hydrogen (secondary N) is 1. The first-order valence-corrected chi connectivity index (χ1v) is 45.4. The van der Waals surface area contributed by atoms with E-state index in [-0.39, 0.29) is 0 Å². The first-order valence-electron chi connectivity index (χ1n) is 33.3. The Hall–Kier alpha value is -3.85. The first-order chi connectivity index (χ1) is 41.7. The van der Waals surface area contributed by atoms with Crippen LogP contribution in [0.15, 0.2) is 90.7 Å². The standard InChI is InChI=1S/C80H97Br4NSi4/c1-45(2)86(46(3)4,47(5)6)33-29-61-63-25-27-75-79(77(63)65(31-35-88(51(13)14,52(15)16)53(17)18)69-39-59-43-73(83)71(81)41-57(59)37-67(61)69)80-76(85-75)28-26-64-62(30-34-87(48(7)8,49(9)10)50(11)12)68-38-58-42-72(82)74(84)44-60(58)40-70(68)66(78(64)80)32-36-89(54(19)20,55(21)22)56(23)24/h25-28,37-56,85H,1-24H3. The Morgan fingerprint density at radius 3 is 0.674 bits per heavy atom. The Bertz CT molecular complexity index is 4200. The predicted molar refractivity (Wildman–Crippen MR) is 423 cm³/mol. The molecule has 1 aromatic heterocycles. The summed E-state index contributed by atoms with van der Waals surface area (Å²) in [4.78, 5) is 4.13. The van der Waals surface area contributed by atoms with Crippen LogP contribution in [0.3, 0.4) is 0 Å². The van der Waals surface area contributed by atoms with Crippen molar-refractivity contribution in [1.82, 2.24) is 4.98 Å². The summed E-state index contributed by atoms with van der Waals surface area (Å²) in [5.41, 5.74) is 29.3. The van der Waals surface area contributed by atoms with Gasteiger partial charge in [-0.05, 0) is 245 Å². The molecule has 1 N–H and O–H groups in total. The average molecular weight is 1500 g/mol. The number of fused-ring (bicyclic) bond motifs is 11. The van der Waals surface area contributed by atoms with E-state index in [0.717, 1.165) is 94.3 Å². The maximum atomic E-state index is 4.35. The van der Waals surface area contributed by atoms with E-state index in [1.165, 1.54) is 32.3 Å². The predicted octanol–water partition coefficient (Wildman–Crippen LogP) is 27.6. The van der Waals surface area contributed by atoms with Crippen LogP contribution >= 0.6 is 63.7 Å². The molecular weight excluding hydrogens is 1410 g/mol. The van der Waals surface area contributed by atoms with Crippen LogP contribution in [-0.2, 0) is 0 Å². The maximum absolute atomic E-state index is 4.35. The van der Waals surface area contributed by atoms with E-state index < -0.39 is 32.3 Å². The van der Waals surface area contributed by atoms with Crippen molar-refractivity contribution >= 4 is 182 Å². The minimum Gasteiger partial charge on any atom is -0.354 e. The third kappa shape index (κ3) is 11.5. The quantitative estimate of drug-likeness (QED) is 0.0713. The molecule has 0 aliphatic carbocycles. The van der Waals surface area contributed by atoms with Crippen molar-refractivity contribution < 1.29 is 0 Å². The molecule has 9 aromatic rings. The van der Waals surface area contributed by atoms with Crippen LogP contribution in [0, 0.1) is 45.9 Å². The van der Waals surface area contributed by atoms with E-state index in [0.29, 0.717) is 66.5 Å². The summed E-state index contributed by atoms with van der Waals surface area (Å²) in [6, 6.07) is 28.4. The van der Waals surface area contributed by atoms with Crippen molar-refractivity contribution in [3.05, 3.63) is 113 Å². The molecule has 0 amide bonds. The molecule has 89 heavy (non-hydrogen) atoms. The van der Waals surface area contributed by atoms with Gasteiger partial charge in [0.05, 0.1) is 0 Å². The fraction of sp³-hybridized carbons (Fsp3) is 0.450. The van der Waals surface area contributed by atoms with Gasteiger partial charge in [0.1, 0.15) is 32.3 Å². The van der Waals surface area contributed by atoms with Gasteiger partial charge in [-0.25, -0.2) is 0 Å². The molecule has 0 atom stereocenters. The number of H-pyrrole nitrogens is 1. The van der Waals surface area contributed by atoms with Crippen molar-refractivity contribution in [2.75, 3.05) is 0 Å².